The number of nitrogens with zero attached hydrogens (tertiary/aromatic N) is 4. The van der Waals surface area contributed by atoms with Crippen LogP contribution in [0.2, 0.25) is 0 Å². The third kappa shape index (κ3) is 2.63. The summed E-state index contributed by atoms with van der Waals surface area (Å²) in [6.45, 7) is 0.222. The number of nitro groups is 1. The lowest BCUT2D eigenvalue weighted by atomic mass is 9.91. The highest BCUT2D eigenvalue weighted by Gasteiger charge is 2.30. The zero-order chi connectivity index (χ0) is 13.8. The number of hydrogen-bond acceptors (Lipinski definition) is 6. The third-order valence-corrected chi connectivity index (χ3v) is 3.30. The highest BCUT2D eigenvalue weighted by atomic mass is 16.6. The molecule has 0 atom stereocenters. The quantitative estimate of drug-likeness (QED) is 0.632. The number of aliphatic hydroxyl groups excluding tert-OH is 1. The van der Waals surface area contributed by atoms with Crippen molar-refractivity contribution >= 4 is 11.5 Å². The van der Waals surface area contributed by atoms with Gasteiger partial charge in [-0.05, 0) is 19.3 Å². The first-order chi connectivity index (χ1) is 9.17. The van der Waals surface area contributed by atoms with Gasteiger partial charge in [0.15, 0.2) is 0 Å². The van der Waals surface area contributed by atoms with Crippen LogP contribution in [0.3, 0.4) is 0 Å². The van der Waals surface area contributed by atoms with Crippen molar-refractivity contribution in [3.63, 3.8) is 0 Å². The third-order valence-electron chi connectivity index (χ3n) is 3.30. The Morgan fingerprint density at radius 2 is 2.37 bits per heavy atom. The number of rotatable bonds is 5. The molecule has 1 fully saturated rings. The molecule has 7 nitrogen and oxygen atoms in total. The molecule has 1 heterocycles. The fourth-order valence-electron chi connectivity index (χ4n) is 2.13. The Morgan fingerprint density at radius 3 is 2.84 bits per heavy atom. The van der Waals surface area contributed by atoms with Crippen LogP contribution in [0, 0.1) is 21.4 Å². The molecule has 1 aliphatic carbocycles. The van der Waals surface area contributed by atoms with Crippen LogP contribution in [0.4, 0.5) is 11.5 Å². The minimum atomic E-state index is -0.536. The van der Waals surface area contributed by atoms with Gasteiger partial charge in [0.1, 0.15) is 6.07 Å². The lowest BCUT2D eigenvalue weighted by molar-refractivity contribution is -0.384. The van der Waals surface area contributed by atoms with Crippen molar-refractivity contribution in [3.05, 3.63) is 27.9 Å². The van der Waals surface area contributed by atoms with Gasteiger partial charge in [-0.15, -0.1) is 0 Å². The molecule has 0 bridgehead atoms. The minimum Gasteiger partial charge on any atom is -0.395 e. The smallest absolute Gasteiger partial charge is 0.312 e. The second kappa shape index (κ2) is 5.63. The predicted molar refractivity (Wildman–Crippen MR) is 67.7 cm³/mol. The van der Waals surface area contributed by atoms with Crippen LogP contribution in [0.1, 0.15) is 24.8 Å². The Balaban J connectivity index is 2.40. The lowest BCUT2D eigenvalue weighted by Crippen LogP contribution is -2.42. The van der Waals surface area contributed by atoms with E-state index in [4.69, 9.17) is 10.4 Å². The normalized spacial score (nSPS) is 14.5. The number of hydrogen-bond donors (Lipinski definition) is 1. The van der Waals surface area contributed by atoms with Gasteiger partial charge in [-0.1, -0.05) is 0 Å². The molecule has 100 valence electrons. The van der Waals surface area contributed by atoms with Crippen LogP contribution in [0.15, 0.2) is 12.3 Å². The summed E-state index contributed by atoms with van der Waals surface area (Å²) in [7, 11) is 0. The molecule has 2 rings (SSSR count). The molecule has 0 saturated heterocycles. The Kier molecular flexibility index (Phi) is 3.92. The summed E-state index contributed by atoms with van der Waals surface area (Å²) < 4.78 is 0. The summed E-state index contributed by atoms with van der Waals surface area (Å²) >= 11 is 0. The molecular formula is C12H14N4O3. The van der Waals surface area contributed by atoms with Crippen molar-refractivity contribution in [2.24, 2.45) is 0 Å². The highest BCUT2D eigenvalue weighted by Crippen LogP contribution is 2.33. The minimum absolute atomic E-state index is 0.0880. The average Bonchev–Trinajstić information content (AvgIpc) is 2.35. The summed E-state index contributed by atoms with van der Waals surface area (Å²) in [6, 6.07) is 3.26. The van der Waals surface area contributed by atoms with Gasteiger partial charge in [-0.2, -0.15) is 5.26 Å². The van der Waals surface area contributed by atoms with Crippen LogP contribution < -0.4 is 4.90 Å². The number of anilines is 1. The van der Waals surface area contributed by atoms with Crippen molar-refractivity contribution in [3.8, 4) is 6.07 Å². The summed E-state index contributed by atoms with van der Waals surface area (Å²) in [6.07, 6.45) is 4.29. The van der Waals surface area contributed by atoms with E-state index in [0.717, 1.165) is 19.3 Å². The van der Waals surface area contributed by atoms with Gasteiger partial charge in [0.05, 0.1) is 17.1 Å². The number of pyridine rings is 1. The molecule has 0 unspecified atom stereocenters. The van der Waals surface area contributed by atoms with E-state index in [0.29, 0.717) is 6.54 Å². The maximum atomic E-state index is 11.1. The largest absolute Gasteiger partial charge is 0.395 e. The predicted octanol–water partition coefficient (Wildman–Crippen LogP) is 1.21. The Labute approximate surface area is 110 Å². The van der Waals surface area contributed by atoms with E-state index in [-0.39, 0.29) is 29.7 Å². The van der Waals surface area contributed by atoms with Gasteiger partial charge >= 0.3 is 5.69 Å². The first-order valence-corrected chi connectivity index (χ1v) is 6.09. The number of aliphatic hydroxyl groups is 1. The Bertz CT molecular complexity index is 522. The monoisotopic (exact) mass is 262 g/mol. The topological polar surface area (TPSA) is 103 Å². The number of nitriles is 1. The highest BCUT2D eigenvalue weighted by molar-refractivity contribution is 5.60. The second-order valence-electron chi connectivity index (χ2n) is 4.44. The average molecular weight is 262 g/mol. The van der Waals surface area contributed by atoms with Crippen LogP contribution >= 0.6 is 0 Å². The maximum absolute atomic E-state index is 11.1. The van der Waals surface area contributed by atoms with Crippen LogP contribution in [0.25, 0.3) is 0 Å². The summed E-state index contributed by atoms with van der Waals surface area (Å²) in [5.41, 5.74) is -0.0209. The molecular weight excluding hydrogens is 248 g/mol. The molecule has 19 heavy (non-hydrogen) atoms. The van der Waals surface area contributed by atoms with E-state index < -0.39 is 4.92 Å². The standard InChI is InChI=1S/C12H14N4O3/c13-7-9-6-11(16(18)19)12(14-8-9)15(4-5-17)10-2-1-3-10/h6,8,10,17H,1-5H2. The van der Waals surface area contributed by atoms with E-state index in [1.807, 2.05) is 6.07 Å². The van der Waals surface area contributed by atoms with Gasteiger partial charge in [0, 0.05) is 24.8 Å². The van der Waals surface area contributed by atoms with E-state index in [9.17, 15) is 10.1 Å². The lowest BCUT2D eigenvalue weighted by Gasteiger charge is -2.37. The molecule has 1 aromatic rings. The first kappa shape index (κ1) is 13.2. The van der Waals surface area contributed by atoms with Gasteiger partial charge < -0.3 is 10.0 Å². The van der Waals surface area contributed by atoms with Crippen molar-refractivity contribution in [1.29, 1.82) is 5.26 Å². The SMILES string of the molecule is N#Cc1cnc(N(CCO)C2CCC2)c([N+](=O)[O-])c1. The molecule has 1 aliphatic rings. The summed E-state index contributed by atoms with van der Waals surface area (Å²) in [5, 5.41) is 29.0. The van der Waals surface area contributed by atoms with Gasteiger partial charge in [0.2, 0.25) is 5.82 Å². The van der Waals surface area contributed by atoms with Crippen molar-refractivity contribution in [1.82, 2.24) is 4.98 Å². The van der Waals surface area contributed by atoms with Gasteiger partial charge in [-0.25, -0.2) is 4.98 Å². The van der Waals surface area contributed by atoms with Crippen molar-refractivity contribution in [2.75, 3.05) is 18.1 Å². The Morgan fingerprint density at radius 1 is 1.63 bits per heavy atom. The fraction of sp³-hybridized carbons (Fsp3) is 0.500. The van der Waals surface area contributed by atoms with E-state index in [1.165, 1.54) is 12.3 Å². The molecule has 1 aromatic heterocycles. The zero-order valence-corrected chi connectivity index (χ0v) is 10.3. The molecule has 1 N–H and O–H groups in total. The van der Waals surface area contributed by atoms with E-state index >= 15 is 0 Å². The molecule has 0 aliphatic heterocycles. The van der Waals surface area contributed by atoms with Crippen LogP contribution in [-0.2, 0) is 0 Å². The molecule has 0 spiro atoms. The molecule has 1 saturated carbocycles. The van der Waals surface area contributed by atoms with Crippen molar-refractivity contribution in [2.45, 2.75) is 25.3 Å². The summed E-state index contributed by atoms with van der Waals surface area (Å²) in [5.74, 6) is 0.239. The Hall–Kier alpha value is -2.20. The number of aromatic nitrogens is 1. The fourth-order valence-corrected chi connectivity index (χ4v) is 2.13. The van der Waals surface area contributed by atoms with E-state index in [1.54, 1.807) is 4.90 Å². The molecule has 0 aromatic carbocycles. The first-order valence-electron chi connectivity index (χ1n) is 6.09. The maximum Gasteiger partial charge on any atom is 0.312 e. The molecule has 7 heteroatoms. The summed E-state index contributed by atoms with van der Waals surface area (Å²) in [4.78, 5) is 16.4. The van der Waals surface area contributed by atoms with Crippen molar-refractivity contribution < 1.29 is 10.0 Å². The van der Waals surface area contributed by atoms with E-state index in [2.05, 4.69) is 4.98 Å². The zero-order valence-electron chi connectivity index (χ0n) is 10.3. The second-order valence-corrected chi connectivity index (χ2v) is 4.44. The van der Waals surface area contributed by atoms with Gasteiger partial charge in [0.25, 0.3) is 0 Å². The van der Waals surface area contributed by atoms with Crippen LogP contribution in [0.5, 0.6) is 0 Å². The molecule has 0 radical (unpaired) electrons. The van der Waals surface area contributed by atoms with Crippen LogP contribution in [-0.4, -0.2) is 34.2 Å². The van der Waals surface area contributed by atoms with Gasteiger partial charge in [-0.3, -0.25) is 10.1 Å². The molecule has 0 amide bonds.